The number of carbonyl (C=O) groups is 2. The monoisotopic (exact) mass is 909 g/mol. The summed E-state index contributed by atoms with van der Waals surface area (Å²) in [5, 5.41) is 3.90. The Balaban J connectivity index is 1.84. The first-order valence-electron chi connectivity index (χ1n) is 18.4. The number of ether oxygens (including phenoxy) is 3. The number of rotatable bonds is 11. The number of halogens is 2. The predicted molar refractivity (Wildman–Crippen MR) is 210 cm³/mol. The molecule has 1 aliphatic heterocycles. The van der Waals surface area contributed by atoms with Crippen molar-refractivity contribution >= 4 is 39.0 Å². The molecule has 1 aromatic carbocycles. The van der Waals surface area contributed by atoms with Crippen molar-refractivity contribution in [1.82, 2.24) is 22.7 Å². The van der Waals surface area contributed by atoms with E-state index in [0.29, 0.717) is 31.5 Å². The van der Waals surface area contributed by atoms with Crippen LogP contribution >= 0.6 is 15.9 Å². The summed E-state index contributed by atoms with van der Waals surface area (Å²) in [5.41, 5.74) is 11.1. The SMILES string of the molecule is CC[I-]N(/C=C(\N)[C@@H]1CCCN(C(=O)OC(C)(C)C)N1C(=O)OC(C)(C)C)C(C)(C)Cc1c(-c2cccnc2[C@H](C)OC)n(CC)c2ccc(Br)cc12. The standard InChI is InChI=1S/C40H59BrIN6O5/c1-13-42-47(25-31(43)33-18-16-22-46(36(49)52-38(4,5)6)48(33)37(50)53-39(7,8)9)40(10,11)24-30-29-23-27(41)19-20-32(29)45(14-2)35(30)28-17-15-21-44-34(28)26(3)51-12/h15,17,19-21,23,25-26,33H,13-14,16,18,22,24,43H2,1-12H3/q-1/b31-25-/t26-,33-/m0/s1. The Labute approximate surface area is 335 Å². The number of amides is 2. The van der Waals surface area contributed by atoms with Crippen LogP contribution in [-0.2, 0) is 27.2 Å². The molecule has 0 unspecified atom stereocenters. The number of benzene rings is 1. The van der Waals surface area contributed by atoms with Crippen LogP contribution in [-0.4, -0.2) is 75.7 Å². The number of pyridine rings is 1. The van der Waals surface area contributed by atoms with Gasteiger partial charge >= 0.3 is 337 Å². The molecule has 3 aromatic rings. The Morgan fingerprint density at radius 2 is 1.74 bits per heavy atom. The van der Waals surface area contributed by atoms with Crippen LogP contribution in [0.15, 0.2) is 52.9 Å². The molecule has 13 heteroatoms. The van der Waals surface area contributed by atoms with Crippen LogP contribution in [0.3, 0.4) is 0 Å². The van der Waals surface area contributed by atoms with Gasteiger partial charge in [-0.1, -0.05) is 0 Å². The molecule has 0 bridgehead atoms. The van der Waals surface area contributed by atoms with Crippen LogP contribution in [0, 0.1) is 0 Å². The van der Waals surface area contributed by atoms with Crippen molar-refractivity contribution in [3.05, 3.63) is 64.2 Å². The topological polar surface area (TPSA) is 115 Å². The van der Waals surface area contributed by atoms with E-state index < -0.39 is 56.4 Å². The summed E-state index contributed by atoms with van der Waals surface area (Å²) in [7, 11) is 1.71. The number of aromatic nitrogens is 2. The van der Waals surface area contributed by atoms with Crippen molar-refractivity contribution in [2.24, 2.45) is 5.73 Å². The second kappa shape index (κ2) is 17.2. The maximum atomic E-state index is 13.9. The molecule has 2 aromatic heterocycles. The van der Waals surface area contributed by atoms with Gasteiger partial charge < -0.3 is 0 Å². The summed E-state index contributed by atoms with van der Waals surface area (Å²) in [4.78, 5) is 32.2. The van der Waals surface area contributed by atoms with Crippen molar-refractivity contribution in [2.75, 3.05) is 18.1 Å². The Hall–Kier alpha value is -3.04. The van der Waals surface area contributed by atoms with Crippen LogP contribution in [0.25, 0.3) is 22.2 Å². The van der Waals surface area contributed by atoms with Gasteiger partial charge in [0.1, 0.15) is 0 Å². The molecule has 0 radical (unpaired) electrons. The Kier molecular flexibility index (Phi) is 13.8. The molecule has 2 amide bonds. The number of aryl methyl sites for hydroxylation is 1. The van der Waals surface area contributed by atoms with Crippen LogP contribution in [0.4, 0.5) is 9.59 Å². The summed E-state index contributed by atoms with van der Waals surface area (Å²) in [6, 6.07) is 10.0. The van der Waals surface area contributed by atoms with Gasteiger partial charge in [-0.3, -0.25) is 0 Å². The second-order valence-electron chi connectivity index (χ2n) is 15.9. The van der Waals surface area contributed by atoms with Gasteiger partial charge in [0.25, 0.3) is 0 Å². The van der Waals surface area contributed by atoms with Crippen LogP contribution in [0.5, 0.6) is 0 Å². The maximum absolute atomic E-state index is 13.9. The molecule has 3 heterocycles. The third kappa shape index (κ3) is 10.2. The average molecular weight is 911 g/mol. The third-order valence-corrected chi connectivity index (χ3v) is 12.4. The molecular formula is C40H59BrIN6O5-. The molecule has 53 heavy (non-hydrogen) atoms. The van der Waals surface area contributed by atoms with Crippen molar-refractivity contribution < 1.29 is 45.3 Å². The van der Waals surface area contributed by atoms with E-state index in [9.17, 15) is 9.59 Å². The number of hydrazine groups is 1. The first kappa shape index (κ1) is 42.7. The summed E-state index contributed by atoms with van der Waals surface area (Å²) in [6.07, 6.45) is 4.32. The van der Waals surface area contributed by atoms with Crippen LogP contribution in [0.2, 0.25) is 0 Å². The van der Waals surface area contributed by atoms with Crippen molar-refractivity contribution in [1.29, 1.82) is 0 Å². The molecular weight excluding hydrogens is 851 g/mol. The Morgan fingerprint density at radius 1 is 1.08 bits per heavy atom. The Morgan fingerprint density at radius 3 is 2.34 bits per heavy atom. The number of methoxy groups -OCH3 is 1. The molecule has 2 N–H and O–H groups in total. The molecule has 1 fully saturated rings. The van der Waals surface area contributed by atoms with E-state index in [4.69, 9.17) is 24.9 Å². The first-order valence-corrected chi connectivity index (χ1v) is 21.7. The van der Waals surface area contributed by atoms with E-state index in [1.165, 1.54) is 21.0 Å². The molecule has 294 valence electrons. The van der Waals surface area contributed by atoms with Gasteiger partial charge in [-0.25, -0.2) is 0 Å². The Bertz CT molecular complexity index is 1800. The van der Waals surface area contributed by atoms with Gasteiger partial charge in [-0.15, -0.1) is 0 Å². The fourth-order valence-electron chi connectivity index (χ4n) is 6.66. The third-order valence-electron chi connectivity index (χ3n) is 8.95. The molecule has 0 saturated carbocycles. The number of carbonyl (C=O) groups excluding carboxylic acids is 2. The number of nitrogens with two attached hydrogens (primary N) is 1. The van der Waals surface area contributed by atoms with E-state index in [0.717, 1.165) is 37.9 Å². The first-order chi connectivity index (χ1) is 24.7. The quantitative estimate of drug-likeness (QED) is 0.138. The van der Waals surface area contributed by atoms with Gasteiger partial charge in [-0.05, 0) is 0 Å². The van der Waals surface area contributed by atoms with Crippen molar-refractivity contribution in [2.45, 2.75) is 131 Å². The van der Waals surface area contributed by atoms with Crippen LogP contribution < -0.4 is 27.2 Å². The molecule has 1 saturated heterocycles. The average Bonchev–Trinajstić information content (AvgIpc) is 3.36. The van der Waals surface area contributed by atoms with Gasteiger partial charge in [0.15, 0.2) is 0 Å². The molecule has 1 aliphatic rings. The van der Waals surface area contributed by atoms with Crippen molar-refractivity contribution in [3.8, 4) is 11.3 Å². The zero-order chi connectivity index (χ0) is 39.5. The molecule has 0 aliphatic carbocycles. The van der Waals surface area contributed by atoms with Gasteiger partial charge in [0.2, 0.25) is 0 Å². The van der Waals surface area contributed by atoms with E-state index in [-0.39, 0.29) is 6.10 Å². The predicted octanol–water partition coefficient (Wildman–Crippen LogP) is 6.19. The molecule has 2 atom stereocenters. The zero-order valence-electron chi connectivity index (χ0n) is 33.5. The second-order valence-corrected chi connectivity index (χ2v) is 20.1. The van der Waals surface area contributed by atoms with E-state index in [1.807, 2.05) is 66.9 Å². The number of nitrogens with zero attached hydrogens (tertiary/aromatic N) is 5. The number of fused-ring (bicyclic) bond motifs is 1. The fourth-order valence-corrected chi connectivity index (χ4v) is 9.37. The number of alkyl halides is 1. The van der Waals surface area contributed by atoms with Gasteiger partial charge in [0, 0.05) is 0 Å². The molecule has 4 rings (SSSR count). The number of hydrogen-bond acceptors (Lipinski definition) is 8. The summed E-state index contributed by atoms with van der Waals surface area (Å²) >= 11 is 3.23. The summed E-state index contributed by atoms with van der Waals surface area (Å²) < 4.78 is 24.1. The van der Waals surface area contributed by atoms with Crippen molar-refractivity contribution in [3.63, 3.8) is 0 Å². The van der Waals surface area contributed by atoms with Gasteiger partial charge in [0.05, 0.1) is 0 Å². The number of hydrogen-bond donors (Lipinski definition) is 1. The summed E-state index contributed by atoms with van der Waals surface area (Å²) in [5.74, 6) is 0. The normalized spacial score (nSPS) is 16.6. The van der Waals surface area contributed by atoms with Crippen LogP contribution in [0.1, 0.15) is 106 Å². The van der Waals surface area contributed by atoms with E-state index >= 15 is 0 Å². The minimum atomic E-state index is -0.779. The molecule has 11 nitrogen and oxygen atoms in total. The van der Waals surface area contributed by atoms with Gasteiger partial charge in [-0.2, -0.15) is 0 Å². The zero-order valence-corrected chi connectivity index (χ0v) is 37.3. The summed E-state index contributed by atoms with van der Waals surface area (Å²) in [6.45, 7) is 22.8. The fraction of sp³-hybridized carbons (Fsp3) is 0.575. The van der Waals surface area contributed by atoms with E-state index in [2.05, 4.69) is 75.6 Å². The minimum absolute atomic E-state index is 0.198. The van der Waals surface area contributed by atoms with E-state index in [1.54, 1.807) is 7.11 Å². The molecule has 0 spiro atoms.